The van der Waals surface area contributed by atoms with Gasteiger partial charge in [-0.1, -0.05) is 40.5 Å². The Kier molecular flexibility index (Phi) is 4.84. The van der Waals surface area contributed by atoms with E-state index < -0.39 is 17.7 Å². The van der Waals surface area contributed by atoms with Crippen molar-refractivity contribution in [3.63, 3.8) is 0 Å². The molecular formula is C19H9Cl2F4N3O. The van der Waals surface area contributed by atoms with Gasteiger partial charge in [0.2, 0.25) is 0 Å². The number of alkyl halides is 3. The quantitative estimate of drug-likeness (QED) is 0.334. The molecule has 0 fully saturated rings. The van der Waals surface area contributed by atoms with E-state index in [2.05, 4.69) is 10.3 Å². The Morgan fingerprint density at radius 3 is 2.31 bits per heavy atom. The van der Waals surface area contributed by atoms with Crippen LogP contribution in [0.4, 0.5) is 17.6 Å². The maximum atomic E-state index is 13.8. The van der Waals surface area contributed by atoms with E-state index in [-0.39, 0.29) is 32.8 Å². The van der Waals surface area contributed by atoms with Gasteiger partial charge in [-0.05, 0) is 30.3 Å². The SMILES string of the molecule is Fc1cccc(-n2ncc(-c3cc(-c4c(Cl)cccc4Cl)no3)c2C(F)(F)F)c1. The number of aromatic nitrogens is 3. The van der Waals surface area contributed by atoms with Crippen molar-refractivity contribution in [2.75, 3.05) is 0 Å². The maximum Gasteiger partial charge on any atom is 0.434 e. The third-order valence-electron chi connectivity index (χ3n) is 4.09. The third kappa shape index (κ3) is 3.61. The van der Waals surface area contributed by atoms with Crippen LogP contribution in [-0.2, 0) is 6.18 Å². The average molecular weight is 442 g/mol. The molecule has 0 unspecified atom stereocenters. The van der Waals surface area contributed by atoms with Crippen molar-refractivity contribution in [3.8, 4) is 28.3 Å². The zero-order valence-corrected chi connectivity index (χ0v) is 15.7. The number of rotatable bonds is 3. The number of halogens is 6. The van der Waals surface area contributed by atoms with Crippen molar-refractivity contribution >= 4 is 23.2 Å². The Labute approximate surface area is 171 Å². The van der Waals surface area contributed by atoms with E-state index in [9.17, 15) is 17.6 Å². The summed E-state index contributed by atoms with van der Waals surface area (Å²) in [5.41, 5.74) is -1.07. The fourth-order valence-electron chi connectivity index (χ4n) is 2.87. The van der Waals surface area contributed by atoms with Gasteiger partial charge in [0.05, 0.1) is 27.5 Å². The van der Waals surface area contributed by atoms with E-state index in [0.717, 1.165) is 18.3 Å². The summed E-state index contributed by atoms with van der Waals surface area (Å²) in [7, 11) is 0. The van der Waals surface area contributed by atoms with Crippen LogP contribution >= 0.6 is 23.2 Å². The lowest BCUT2D eigenvalue weighted by Gasteiger charge is -2.11. The number of hydrogen-bond acceptors (Lipinski definition) is 3. The molecule has 0 aliphatic heterocycles. The predicted molar refractivity (Wildman–Crippen MR) is 99.5 cm³/mol. The van der Waals surface area contributed by atoms with Crippen molar-refractivity contribution in [2.45, 2.75) is 6.18 Å². The summed E-state index contributed by atoms with van der Waals surface area (Å²) in [4.78, 5) is 0. The molecule has 2 aromatic heterocycles. The van der Waals surface area contributed by atoms with Crippen molar-refractivity contribution in [1.82, 2.24) is 14.9 Å². The highest BCUT2D eigenvalue weighted by atomic mass is 35.5. The fraction of sp³-hybridized carbons (Fsp3) is 0.0526. The largest absolute Gasteiger partial charge is 0.434 e. The molecule has 29 heavy (non-hydrogen) atoms. The van der Waals surface area contributed by atoms with Crippen LogP contribution in [0.5, 0.6) is 0 Å². The molecule has 4 aromatic rings. The monoisotopic (exact) mass is 441 g/mol. The van der Waals surface area contributed by atoms with E-state index in [1.165, 1.54) is 18.2 Å². The second-order valence-corrected chi connectivity index (χ2v) is 6.78. The first-order chi connectivity index (χ1) is 13.8. The standard InChI is InChI=1S/C19H9Cl2F4N3O/c20-13-5-2-6-14(21)17(13)15-8-16(29-27-15)12-9-26-28(18(12)19(23,24)25)11-4-1-3-10(22)7-11/h1-9H. The van der Waals surface area contributed by atoms with Gasteiger partial charge in [0.25, 0.3) is 0 Å². The van der Waals surface area contributed by atoms with Gasteiger partial charge < -0.3 is 4.52 Å². The first kappa shape index (κ1) is 19.5. The molecule has 0 saturated carbocycles. The zero-order chi connectivity index (χ0) is 20.8. The van der Waals surface area contributed by atoms with E-state index in [1.807, 2.05) is 0 Å². The normalized spacial score (nSPS) is 11.8. The smallest absolute Gasteiger partial charge is 0.356 e. The van der Waals surface area contributed by atoms with Crippen LogP contribution in [0.25, 0.3) is 28.3 Å². The molecule has 4 nitrogen and oxygen atoms in total. The second-order valence-electron chi connectivity index (χ2n) is 5.97. The second kappa shape index (κ2) is 7.20. The first-order valence-electron chi connectivity index (χ1n) is 8.08. The van der Waals surface area contributed by atoms with E-state index in [4.69, 9.17) is 27.7 Å². The Morgan fingerprint density at radius 1 is 0.966 bits per heavy atom. The molecule has 0 aliphatic carbocycles. The molecule has 0 atom stereocenters. The van der Waals surface area contributed by atoms with E-state index >= 15 is 0 Å². The fourth-order valence-corrected chi connectivity index (χ4v) is 3.46. The Balaban J connectivity index is 1.86. The Bertz CT molecular complexity index is 1180. The van der Waals surface area contributed by atoms with Gasteiger partial charge in [0.15, 0.2) is 11.5 Å². The lowest BCUT2D eigenvalue weighted by Crippen LogP contribution is -2.14. The molecule has 0 N–H and O–H groups in total. The van der Waals surface area contributed by atoms with Gasteiger partial charge in [0.1, 0.15) is 11.5 Å². The van der Waals surface area contributed by atoms with Crippen LogP contribution in [0.1, 0.15) is 5.69 Å². The average Bonchev–Trinajstić information content (AvgIpc) is 3.28. The minimum atomic E-state index is -4.80. The molecule has 2 heterocycles. The molecule has 0 spiro atoms. The summed E-state index contributed by atoms with van der Waals surface area (Å²) in [6.45, 7) is 0. The number of benzene rings is 2. The molecule has 148 valence electrons. The molecular weight excluding hydrogens is 433 g/mol. The molecule has 10 heteroatoms. The van der Waals surface area contributed by atoms with Gasteiger partial charge in [-0.3, -0.25) is 0 Å². The Morgan fingerprint density at radius 2 is 1.66 bits per heavy atom. The molecule has 0 saturated heterocycles. The van der Waals surface area contributed by atoms with E-state index in [1.54, 1.807) is 18.2 Å². The van der Waals surface area contributed by atoms with Crippen LogP contribution in [0, 0.1) is 5.82 Å². The molecule has 2 aromatic carbocycles. The summed E-state index contributed by atoms with van der Waals surface area (Å²) in [5.74, 6) is -0.881. The lowest BCUT2D eigenvalue weighted by atomic mass is 10.1. The van der Waals surface area contributed by atoms with Crippen LogP contribution in [0.15, 0.2) is 59.3 Å². The van der Waals surface area contributed by atoms with Gasteiger partial charge in [0, 0.05) is 11.6 Å². The highest BCUT2D eigenvalue weighted by molar-refractivity contribution is 6.39. The highest BCUT2D eigenvalue weighted by Crippen LogP contribution is 2.41. The minimum absolute atomic E-state index is 0.0857. The van der Waals surface area contributed by atoms with Crippen LogP contribution in [0.2, 0.25) is 10.0 Å². The van der Waals surface area contributed by atoms with Crippen LogP contribution in [0.3, 0.4) is 0 Å². The van der Waals surface area contributed by atoms with Crippen molar-refractivity contribution in [1.29, 1.82) is 0 Å². The Hall–Kier alpha value is -2.84. The van der Waals surface area contributed by atoms with Gasteiger partial charge in [-0.2, -0.15) is 18.3 Å². The summed E-state index contributed by atoms with van der Waals surface area (Å²) in [5, 5.41) is 8.11. The molecule has 0 bridgehead atoms. The highest BCUT2D eigenvalue weighted by Gasteiger charge is 2.40. The summed E-state index contributed by atoms with van der Waals surface area (Å²) in [6, 6.07) is 10.7. The van der Waals surface area contributed by atoms with Crippen molar-refractivity contribution < 1.29 is 22.1 Å². The van der Waals surface area contributed by atoms with Crippen molar-refractivity contribution in [2.24, 2.45) is 0 Å². The van der Waals surface area contributed by atoms with Crippen LogP contribution in [-0.4, -0.2) is 14.9 Å². The minimum Gasteiger partial charge on any atom is -0.356 e. The zero-order valence-electron chi connectivity index (χ0n) is 14.2. The molecule has 0 aliphatic rings. The topological polar surface area (TPSA) is 43.9 Å². The number of hydrogen-bond donors (Lipinski definition) is 0. The first-order valence-corrected chi connectivity index (χ1v) is 8.84. The van der Waals surface area contributed by atoms with E-state index in [0.29, 0.717) is 10.2 Å². The number of nitrogens with zero attached hydrogens (tertiary/aromatic N) is 3. The van der Waals surface area contributed by atoms with Crippen LogP contribution < -0.4 is 0 Å². The third-order valence-corrected chi connectivity index (χ3v) is 4.71. The summed E-state index contributed by atoms with van der Waals surface area (Å²) >= 11 is 12.2. The molecule has 4 rings (SSSR count). The summed E-state index contributed by atoms with van der Waals surface area (Å²) in [6.07, 6.45) is -3.82. The van der Waals surface area contributed by atoms with Crippen molar-refractivity contribution in [3.05, 3.63) is 76.3 Å². The molecule has 0 amide bonds. The lowest BCUT2D eigenvalue weighted by molar-refractivity contribution is -0.142. The van der Waals surface area contributed by atoms with Gasteiger partial charge >= 0.3 is 6.18 Å². The predicted octanol–water partition coefficient (Wildman–Crippen LogP) is 6.66. The maximum absolute atomic E-state index is 13.8. The van der Waals surface area contributed by atoms with Gasteiger partial charge in [-0.25, -0.2) is 9.07 Å². The summed E-state index contributed by atoms with van der Waals surface area (Å²) < 4.78 is 60.7. The van der Waals surface area contributed by atoms with Gasteiger partial charge in [-0.15, -0.1) is 0 Å². The molecule has 0 radical (unpaired) electrons.